The first-order valence-corrected chi connectivity index (χ1v) is 16.9. The molecule has 47 heavy (non-hydrogen) atoms. The van der Waals surface area contributed by atoms with Crippen molar-refractivity contribution in [3.8, 4) is 28.4 Å². The van der Waals surface area contributed by atoms with Crippen molar-refractivity contribution >= 4 is 40.3 Å². The maximum atomic E-state index is 13.9. The first-order chi connectivity index (χ1) is 22.8. The molecule has 5 rings (SSSR count). The second-order valence-corrected chi connectivity index (χ2v) is 12.3. The molecule has 0 saturated heterocycles. The smallest absolute Gasteiger partial charge is 0.242 e. The summed E-state index contributed by atoms with van der Waals surface area (Å²) >= 11 is 1.63. The van der Waals surface area contributed by atoms with Crippen LogP contribution in [0.4, 0.5) is 5.69 Å². The Morgan fingerprint density at radius 2 is 1.85 bits per heavy atom. The molecule has 1 heterocycles. The van der Waals surface area contributed by atoms with Gasteiger partial charge in [-0.25, -0.2) is 4.98 Å². The summed E-state index contributed by atoms with van der Waals surface area (Å²) < 4.78 is 19.2. The van der Waals surface area contributed by atoms with Crippen LogP contribution in [0.15, 0.2) is 59.7 Å². The lowest BCUT2D eigenvalue weighted by Gasteiger charge is -2.19. The molecule has 0 saturated carbocycles. The predicted molar refractivity (Wildman–Crippen MR) is 186 cm³/mol. The monoisotopic (exact) mass is 659 g/mol. The summed E-state index contributed by atoms with van der Waals surface area (Å²) in [6.07, 6.45) is 5.41. The Morgan fingerprint density at radius 3 is 2.57 bits per heavy atom. The second kappa shape index (κ2) is 15.3. The Bertz CT molecular complexity index is 1830. The van der Waals surface area contributed by atoms with Crippen LogP contribution in [0.1, 0.15) is 36.9 Å². The van der Waals surface area contributed by atoms with Gasteiger partial charge in [0.25, 0.3) is 0 Å². The van der Waals surface area contributed by atoms with Crippen LogP contribution in [0.5, 0.6) is 17.2 Å². The number of amides is 2. The van der Waals surface area contributed by atoms with Crippen LogP contribution in [0.3, 0.4) is 0 Å². The molecule has 4 aromatic rings. The fourth-order valence-corrected chi connectivity index (χ4v) is 6.60. The van der Waals surface area contributed by atoms with Gasteiger partial charge in [0, 0.05) is 25.6 Å². The number of imidazole rings is 1. The van der Waals surface area contributed by atoms with Crippen molar-refractivity contribution in [2.45, 2.75) is 44.8 Å². The molecule has 0 aliphatic heterocycles. The number of rotatable bonds is 13. The maximum absolute atomic E-state index is 13.9. The molecule has 0 bridgehead atoms. The van der Waals surface area contributed by atoms with Gasteiger partial charge in [0.15, 0.2) is 11.5 Å². The molecule has 1 aliphatic rings. The number of aryl methyl sites for hydroxylation is 1. The molecular weight excluding hydrogens is 618 g/mol. The molecule has 0 fully saturated rings. The highest BCUT2D eigenvalue weighted by Crippen LogP contribution is 2.50. The Kier molecular flexibility index (Phi) is 10.9. The van der Waals surface area contributed by atoms with Gasteiger partial charge >= 0.3 is 0 Å². The van der Waals surface area contributed by atoms with E-state index in [1.165, 1.54) is 6.92 Å². The topological polar surface area (TPSA) is 133 Å². The van der Waals surface area contributed by atoms with E-state index >= 15 is 0 Å². The molecule has 3 aromatic carbocycles. The van der Waals surface area contributed by atoms with Crippen molar-refractivity contribution < 1.29 is 23.8 Å². The number of methoxy groups -OCH3 is 3. The number of nitrogens with one attached hydrogen (secondary N) is 3. The second-order valence-electron chi connectivity index (χ2n) is 11.3. The van der Waals surface area contributed by atoms with E-state index in [0.717, 1.165) is 33.5 Å². The van der Waals surface area contributed by atoms with Crippen molar-refractivity contribution in [3.63, 3.8) is 0 Å². The third kappa shape index (κ3) is 7.32. The number of hydrogen-bond acceptors (Lipinski definition) is 9. The number of fused-ring (bicyclic) bond motifs is 4. The van der Waals surface area contributed by atoms with E-state index < -0.39 is 12.1 Å². The lowest BCUT2D eigenvalue weighted by molar-refractivity contribution is -0.122. The van der Waals surface area contributed by atoms with E-state index in [1.807, 2.05) is 47.2 Å². The average Bonchev–Trinajstić information content (AvgIpc) is 3.34. The number of hydrogen-bond donors (Lipinski definition) is 3. The molecule has 3 N–H and O–H groups in total. The quantitative estimate of drug-likeness (QED) is 0.189. The zero-order chi connectivity index (χ0) is 33.5. The summed E-state index contributed by atoms with van der Waals surface area (Å²) in [7, 11) is 4.68. The van der Waals surface area contributed by atoms with Gasteiger partial charge in [-0.3, -0.25) is 14.4 Å². The summed E-state index contributed by atoms with van der Waals surface area (Å²) in [5.41, 5.74) is 4.95. The predicted octanol–water partition coefficient (Wildman–Crippen LogP) is 4.56. The summed E-state index contributed by atoms with van der Waals surface area (Å²) in [5.74, 6) is 1.75. The highest BCUT2D eigenvalue weighted by atomic mass is 32.2. The number of benzene rings is 2. The molecule has 2 amide bonds. The number of carbonyl (C=O) groups is 2. The average molecular weight is 660 g/mol. The Hall–Kier alpha value is -4.71. The number of anilines is 1. The fourth-order valence-electron chi connectivity index (χ4n) is 6.13. The van der Waals surface area contributed by atoms with Gasteiger partial charge < -0.3 is 34.7 Å². The minimum Gasteiger partial charge on any atom is -0.493 e. The summed E-state index contributed by atoms with van der Waals surface area (Å²) in [6.45, 7) is 2.42. The van der Waals surface area contributed by atoms with Gasteiger partial charge in [-0.1, -0.05) is 18.2 Å². The van der Waals surface area contributed by atoms with Crippen LogP contribution in [-0.2, 0) is 22.6 Å². The van der Waals surface area contributed by atoms with Crippen LogP contribution in [0, 0.1) is 0 Å². The van der Waals surface area contributed by atoms with Crippen molar-refractivity contribution in [3.05, 3.63) is 76.2 Å². The van der Waals surface area contributed by atoms with Gasteiger partial charge in [-0.15, -0.1) is 0 Å². The largest absolute Gasteiger partial charge is 0.493 e. The fraction of sp³-hybridized carbons (Fsp3) is 0.371. The van der Waals surface area contributed by atoms with Crippen molar-refractivity contribution in [1.82, 2.24) is 20.2 Å². The van der Waals surface area contributed by atoms with E-state index in [2.05, 4.69) is 20.9 Å². The first kappa shape index (κ1) is 33.6. The lowest BCUT2D eigenvalue weighted by Crippen LogP contribution is -2.42. The normalized spacial score (nSPS) is 14.3. The minimum atomic E-state index is -0.644. The lowest BCUT2D eigenvalue weighted by atomic mass is 9.95. The highest BCUT2D eigenvalue weighted by molar-refractivity contribution is 7.98. The van der Waals surface area contributed by atoms with Crippen LogP contribution in [0.2, 0.25) is 0 Å². The number of aromatic nitrogens is 2. The van der Waals surface area contributed by atoms with E-state index in [-0.39, 0.29) is 22.9 Å². The molecule has 1 aliphatic carbocycles. The summed E-state index contributed by atoms with van der Waals surface area (Å²) in [4.78, 5) is 44.1. The molecule has 248 valence electrons. The van der Waals surface area contributed by atoms with E-state index in [1.54, 1.807) is 51.6 Å². The molecule has 0 radical (unpaired) electrons. The first-order valence-electron chi connectivity index (χ1n) is 15.5. The number of para-hydroxylation sites is 2. The number of thioether (sulfide) groups is 1. The molecule has 0 unspecified atom stereocenters. The van der Waals surface area contributed by atoms with Crippen LogP contribution < -0.4 is 35.6 Å². The van der Waals surface area contributed by atoms with Gasteiger partial charge in [-0.05, 0) is 78.3 Å². The third-order valence-corrected chi connectivity index (χ3v) is 9.00. The number of carbonyl (C=O) groups excluding carboxylic acids is 2. The standard InChI is InChI=1S/C35H41N5O6S/c1-21(41)38-25-12-10-22-18-31(44-2)33(45-3)34(46-4)32(22)23-11-13-27(30(42)19-24(23)25)39-28(14-17-47-5)35(43)36-15-16-40-20-37-26-8-6-7-9-29(26)40/h6-9,11,13,18-20,25,28H,10,12,14-17H2,1-5H3,(H,36,43)(H,38,41)(H,39,42)/t25-,28-/m1/s1. The maximum Gasteiger partial charge on any atom is 0.242 e. The van der Waals surface area contributed by atoms with Gasteiger partial charge in [0.1, 0.15) is 6.04 Å². The molecule has 12 heteroatoms. The summed E-state index contributed by atoms with van der Waals surface area (Å²) in [5, 5.41) is 9.30. The summed E-state index contributed by atoms with van der Waals surface area (Å²) in [6, 6.07) is 13.8. The molecule has 0 spiro atoms. The minimum absolute atomic E-state index is 0.198. The van der Waals surface area contributed by atoms with Crippen LogP contribution in [0.25, 0.3) is 22.2 Å². The zero-order valence-electron chi connectivity index (χ0n) is 27.3. The zero-order valence-corrected chi connectivity index (χ0v) is 28.2. The molecule has 2 atom stereocenters. The van der Waals surface area contributed by atoms with Gasteiger partial charge in [-0.2, -0.15) is 11.8 Å². The molecule has 1 aromatic heterocycles. The Morgan fingerprint density at radius 1 is 1.06 bits per heavy atom. The molecule has 11 nitrogen and oxygen atoms in total. The van der Waals surface area contributed by atoms with E-state index in [0.29, 0.717) is 55.2 Å². The SMILES string of the molecule is COc1cc2c(c(OC)c1OC)-c1ccc(N[C@H](CCSC)C(=O)NCCn3cnc4ccccc43)c(=O)cc1[C@H](NC(C)=O)CC2. The Balaban J connectivity index is 1.49. The van der Waals surface area contributed by atoms with Crippen molar-refractivity contribution in [2.75, 3.05) is 45.2 Å². The van der Waals surface area contributed by atoms with E-state index in [9.17, 15) is 14.4 Å². The van der Waals surface area contributed by atoms with Crippen LogP contribution >= 0.6 is 11.8 Å². The van der Waals surface area contributed by atoms with Gasteiger partial charge in [0.2, 0.25) is 23.0 Å². The number of ether oxygens (including phenoxy) is 3. The highest BCUT2D eigenvalue weighted by Gasteiger charge is 2.30. The molecular formula is C35H41N5O6S. The number of nitrogens with zero attached hydrogens (tertiary/aromatic N) is 2. The third-order valence-electron chi connectivity index (χ3n) is 8.35. The van der Waals surface area contributed by atoms with Crippen LogP contribution in [-0.4, -0.2) is 67.3 Å². The van der Waals surface area contributed by atoms with Gasteiger partial charge in [0.05, 0.1) is 50.4 Å². The Labute approximate surface area is 278 Å². The van der Waals surface area contributed by atoms with E-state index in [4.69, 9.17) is 14.2 Å². The van der Waals surface area contributed by atoms with Crippen molar-refractivity contribution in [1.29, 1.82) is 0 Å². The van der Waals surface area contributed by atoms with Crippen molar-refractivity contribution in [2.24, 2.45) is 0 Å².